The second-order valence-electron chi connectivity index (χ2n) is 5.16. The summed E-state index contributed by atoms with van der Waals surface area (Å²) in [7, 11) is 11.0. The third kappa shape index (κ3) is 2.71. The van der Waals surface area contributed by atoms with Gasteiger partial charge in [0.2, 0.25) is 0 Å². The van der Waals surface area contributed by atoms with Gasteiger partial charge in [-0.05, 0) is 29.3 Å². The molecule has 0 radical (unpaired) electrons. The lowest BCUT2D eigenvalue weighted by Gasteiger charge is -2.20. The van der Waals surface area contributed by atoms with Crippen LogP contribution in [-0.2, 0) is 0 Å². The predicted molar refractivity (Wildman–Crippen MR) is 105 cm³/mol. The molecular weight excluding hydrogens is 314 g/mol. The molecule has 0 unspecified atom stereocenters. The van der Waals surface area contributed by atoms with Crippen LogP contribution in [0.3, 0.4) is 0 Å². The molecule has 7 heteroatoms. The Morgan fingerprint density at radius 1 is 0.737 bits per heavy atom. The van der Waals surface area contributed by atoms with Gasteiger partial charge in [-0.1, -0.05) is 38.5 Å². The highest BCUT2D eigenvalue weighted by Crippen LogP contribution is 2.24. The number of benzene rings is 2. The molecule has 90 valence electrons. The van der Waals surface area contributed by atoms with Crippen molar-refractivity contribution in [3.63, 3.8) is 0 Å². The maximum atomic E-state index is 6.19. The van der Waals surface area contributed by atoms with Crippen LogP contribution in [0.25, 0.3) is 11.1 Å². The molecule has 0 aromatic heterocycles. The molecule has 0 amide bonds. The Morgan fingerprint density at radius 3 is 1.68 bits per heavy atom. The lowest BCUT2D eigenvalue weighted by molar-refractivity contribution is 1.64. The molecule has 2 aromatic carbocycles. The number of hydrogen-bond acceptors (Lipinski definition) is 0. The standard InChI is InChI=1S/C12H13B5BrCl/c13-8-7(4-1-5(18)3-6(19)2-4)9(14)11(16)12(17)10(8)15/h1-3H,13-17H2. The monoisotopic (exact) mass is 326 g/mol. The maximum absolute atomic E-state index is 6.19. The molecule has 0 saturated heterocycles. The van der Waals surface area contributed by atoms with E-state index in [0.29, 0.717) is 0 Å². The summed E-state index contributed by atoms with van der Waals surface area (Å²) < 4.78 is 1.02. The fourth-order valence-corrected chi connectivity index (χ4v) is 3.49. The number of halogens is 2. The maximum Gasteiger partial charge on any atom is 0.139 e. The molecule has 0 spiro atoms. The Kier molecular flexibility index (Phi) is 4.32. The highest BCUT2D eigenvalue weighted by Gasteiger charge is 2.13. The summed E-state index contributed by atoms with van der Waals surface area (Å²) in [5.74, 6) is 0. The van der Waals surface area contributed by atoms with E-state index in [1.807, 2.05) is 12.1 Å². The van der Waals surface area contributed by atoms with Gasteiger partial charge in [-0.15, -0.1) is 16.4 Å². The normalized spacial score (nSPS) is 10.6. The topological polar surface area (TPSA) is 0 Å². The minimum absolute atomic E-state index is 0.763. The highest BCUT2D eigenvalue weighted by molar-refractivity contribution is 9.10. The molecule has 0 aliphatic carbocycles. The predicted octanol–water partition coefficient (Wildman–Crippen LogP) is -3.94. The van der Waals surface area contributed by atoms with Gasteiger partial charge in [0.25, 0.3) is 0 Å². The summed E-state index contributed by atoms with van der Waals surface area (Å²) >= 11 is 9.71. The van der Waals surface area contributed by atoms with Crippen molar-refractivity contribution in [2.24, 2.45) is 0 Å². The molecule has 0 saturated carbocycles. The third-order valence-electron chi connectivity index (χ3n) is 4.15. The van der Waals surface area contributed by atoms with Crippen molar-refractivity contribution in [2.45, 2.75) is 0 Å². The van der Waals surface area contributed by atoms with E-state index in [2.05, 4.69) is 61.2 Å². The first-order valence-electron chi connectivity index (χ1n) is 6.36. The summed E-state index contributed by atoms with van der Waals surface area (Å²) in [5.41, 5.74) is 9.30. The van der Waals surface area contributed by atoms with E-state index in [4.69, 9.17) is 11.6 Å². The lowest BCUT2D eigenvalue weighted by Crippen LogP contribution is -2.55. The fraction of sp³-hybridized carbons (Fsp3) is 0. The Morgan fingerprint density at radius 2 is 1.21 bits per heavy atom. The van der Waals surface area contributed by atoms with Gasteiger partial charge in [0, 0.05) is 9.50 Å². The zero-order valence-corrected chi connectivity index (χ0v) is 14.3. The second kappa shape index (κ2) is 5.50. The summed E-state index contributed by atoms with van der Waals surface area (Å²) in [6.07, 6.45) is 0. The van der Waals surface area contributed by atoms with Crippen LogP contribution in [-0.4, -0.2) is 39.2 Å². The first-order chi connectivity index (χ1) is 8.82. The van der Waals surface area contributed by atoms with Crippen LogP contribution in [0.2, 0.25) is 5.02 Å². The van der Waals surface area contributed by atoms with Crippen molar-refractivity contribution in [2.75, 3.05) is 0 Å². The van der Waals surface area contributed by atoms with Gasteiger partial charge in [-0.2, -0.15) is 0 Å². The Labute approximate surface area is 132 Å². The van der Waals surface area contributed by atoms with Crippen molar-refractivity contribution in [3.8, 4) is 11.1 Å². The largest absolute Gasteiger partial charge is 0.139 e. The Balaban J connectivity index is 2.82. The molecule has 0 N–H and O–H groups in total. The van der Waals surface area contributed by atoms with Crippen LogP contribution in [0, 0.1) is 0 Å². The number of hydrogen-bond donors (Lipinski definition) is 0. The molecule has 2 rings (SSSR count). The summed E-state index contributed by atoms with van der Waals surface area (Å²) in [4.78, 5) is 0. The second-order valence-corrected chi connectivity index (χ2v) is 6.51. The first kappa shape index (κ1) is 14.9. The molecule has 0 fully saturated rings. The van der Waals surface area contributed by atoms with Crippen LogP contribution in [0.1, 0.15) is 0 Å². The van der Waals surface area contributed by atoms with Gasteiger partial charge in [0.15, 0.2) is 0 Å². The van der Waals surface area contributed by atoms with Gasteiger partial charge in [0.1, 0.15) is 39.2 Å². The minimum Gasteiger partial charge on any atom is -0.102 e. The van der Waals surface area contributed by atoms with Crippen LogP contribution in [0.15, 0.2) is 22.7 Å². The van der Waals surface area contributed by atoms with E-state index < -0.39 is 0 Å². The van der Waals surface area contributed by atoms with E-state index in [1.54, 1.807) is 0 Å². The summed E-state index contributed by atoms with van der Waals surface area (Å²) in [5, 5.41) is 0.763. The molecule has 0 aliphatic heterocycles. The SMILES string of the molecule is Bc1c(B)c(B)c(-c2cc(Cl)cc(Br)c2)c(B)c1B. The van der Waals surface area contributed by atoms with Crippen molar-refractivity contribution in [1.29, 1.82) is 0 Å². The van der Waals surface area contributed by atoms with Gasteiger partial charge in [0.05, 0.1) is 0 Å². The molecule has 0 heterocycles. The molecular formula is C12H13B5BrCl. The van der Waals surface area contributed by atoms with E-state index in [0.717, 1.165) is 9.50 Å². The van der Waals surface area contributed by atoms with E-state index in [9.17, 15) is 0 Å². The zero-order chi connectivity index (χ0) is 14.3. The third-order valence-corrected chi connectivity index (χ3v) is 4.83. The van der Waals surface area contributed by atoms with E-state index >= 15 is 0 Å². The average molecular weight is 327 g/mol. The molecule has 0 bridgehead atoms. The van der Waals surface area contributed by atoms with Gasteiger partial charge < -0.3 is 0 Å². The molecule has 19 heavy (non-hydrogen) atoms. The average Bonchev–Trinajstić information content (AvgIpc) is 2.33. The highest BCUT2D eigenvalue weighted by atomic mass is 79.9. The lowest BCUT2D eigenvalue weighted by atomic mass is 9.60. The van der Waals surface area contributed by atoms with Gasteiger partial charge in [-0.25, -0.2) is 0 Å². The number of rotatable bonds is 1. The van der Waals surface area contributed by atoms with Gasteiger partial charge >= 0.3 is 0 Å². The van der Waals surface area contributed by atoms with Crippen molar-refractivity contribution in [1.82, 2.24) is 0 Å². The minimum atomic E-state index is 0.763. The molecule has 0 atom stereocenters. The molecule has 0 aliphatic rings. The summed E-state index contributed by atoms with van der Waals surface area (Å²) in [6, 6.07) is 6.09. The Hall–Kier alpha value is -0.465. The van der Waals surface area contributed by atoms with Crippen LogP contribution >= 0.6 is 27.5 Å². The fourth-order valence-electron chi connectivity index (χ4n) is 2.63. The van der Waals surface area contributed by atoms with Crippen molar-refractivity contribution < 1.29 is 0 Å². The van der Waals surface area contributed by atoms with Gasteiger partial charge in [-0.3, -0.25) is 0 Å². The van der Waals surface area contributed by atoms with E-state index in [1.165, 1.54) is 38.4 Å². The van der Waals surface area contributed by atoms with Crippen molar-refractivity contribution >= 4 is 94.1 Å². The Bertz CT molecular complexity index is 622. The zero-order valence-electron chi connectivity index (χ0n) is 12.0. The van der Waals surface area contributed by atoms with Crippen molar-refractivity contribution in [3.05, 3.63) is 27.7 Å². The van der Waals surface area contributed by atoms with Crippen LogP contribution in [0.4, 0.5) is 0 Å². The molecule has 0 nitrogen and oxygen atoms in total. The van der Waals surface area contributed by atoms with E-state index in [-0.39, 0.29) is 0 Å². The smallest absolute Gasteiger partial charge is 0.102 e. The van der Waals surface area contributed by atoms with Crippen LogP contribution < -0.4 is 27.3 Å². The molecule has 2 aromatic rings. The van der Waals surface area contributed by atoms with Crippen LogP contribution in [0.5, 0.6) is 0 Å². The quantitative estimate of drug-likeness (QED) is 0.470. The first-order valence-corrected chi connectivity index (χ1v) is 7.53. The summed E-state index contributed by atoms with van der Waals surface area (Å²) in [6.45, 7) is 0.